The Balaban J connectivity index is 1.06. The molecule has 16 heteroatoms. The van der Waals surface area contributed by atoms with Gasteiger partial charge in [0.05, 0.1) is 43.0 Å². The zero-order valence-electron chi connectivity index (χ0n) is 27.0. The molecular weight excluding hydrogens is 652 g/mol. The minimum absolute atomic E-state index is 0.0295. The number of carbonyl (C=O) groups excluding carboxylic acids is 3. The monoisotopic (exact) mass is 684 g/mol. The summed E-state index contributed by atoms with van der Waals surface area (Å²) in [6.45, 7) is 4.39. The summed E-state index contributed by atoms with van der Waals surface area (Å²) >= 11 is 0. The van der Waals surface area contributed by atoms with Gasteiger partial charge in [-0.05, 0) is 41.0 Å². The second-order valence-electron chi connectivity index (χ2n) is 11.4. The first kappa shape index (κ1) is 32.7. The Hall–Kier alpha value is -5.87. The highest BCUT2D eigenvalue weighted by atomic mass is 16.8. The molecule has 4 heterocycles. The van der Waals surface area contributed by atoms with Crippen LogP contribution in [0.3, 0.4) is 0 Å². The number of para-hydroxylation sites is 1. The summed E-state index contributed by atoms with van der Waals surface area (Å²) < 4.78 is 39.9. The SMILES string of the molecule is CCOc1nc2cccc(C(=O)OC(C)OC(=O)O[C@H]3COC4C3OC[C@H]4OC=O)c2n1Cc1ccc(-c2ccccc2-c2nn[nH]n2)cc1. The Morgan fingerprint density at radius 3 is 2.48 bits per heavy atom. The number of imidazole rings is 1. The summed E-state index contributed by atoms with van der Waals surface area (Å²) in [6.07, 6.45) is -4.93. The lowest BCUT2D eigenvalue weighted by Gasteiger charge is -2.19. The predicted molar refractivity (Wildman–Crippen MR) is 172 cm³/mol. The summed E-state index contributed by atoms with van der Waals surface area (Å²) in [5.74, 6) is -0.251. The van der Waals surface area contributed by atoms with Crippen molar-refractivity contribution in [2.45, 2.75) is 51.1 Å². The van der Waals surface area contributed by atoms with E-state index in [1.54, 1.807) is 22.8 Å². The molecule has 2 aromatic heterocycles. The van der Waals surface area contributed by atoms with Crippen LogP contribution in [0.15, 0.2) is 66.7 Å². The van der Waals surface area contributed by atoms with Crippen LogP contribution in [0.4, 0.5) is 4.79 Å². The molecule has 0 spiro atoms. The maximum Gasteiger partial charge on any atom is 0.511 e. The number of hydrogen-bond donors (Lipinski definition) is 1. The predicted octanol–water partition coefficient (Wildman–Crippen LogP) is 3.69. The summed E-state index contributed by atoms with van der Waals surface area (Å²) in [5.41, 5.74) is 4.86. The van der Waals surface area contributed by atoms with E-state index in [0.717, 1.165) is 22.3 Å². The molecule has 2 aliphatic rings. The molecule has 50 heavy (non-hydrogen) atoms. The number of aromatic amines is 1. The van der Waals surface area contributed by atoms with Gasteiger partial charge in [-0.15, -0.1) is 10.2 Å². The quantitative estimate of drug-likeness (QED) is 0.0867. The average Bonchev–Trinajstić information content (AvgIpc) is 3.93. The number of esters is 1. The van der Waals surface area contributed by atoms with Crippen LogP contribution in [0.25, 0.3) is 33.5 Å². The van der Waals surface area contributed by atoms with Gasteiger partial charge in [0.1, 0.15) is 12.2 Å². The minimum Gasteiger partial charge on any atom is -0.465 e. The highest BCUT2D eigenvalue weighted by Gasteiger charge is 2.51. The Morgan fingerprint density at radius 2 is 1.74 bits per heavy atom. The van der Waals surface area contributed by atoms with Gasteiger partial charge in [0, 0.05) is 12.5 Å². The normalized spacial score (nSPS) is 20.2. The lowest BCUT2D eigenvalue weighted by molar-refractivity contribution is -0.138. The van der Waals surface area contributed by atoms with Gasteiger partial charge in [-0.3, -0.25) is 9.36 Å². The molecule has 5 atom stereocenters. The number of ether oxygens (including phenoxy) is 7. The second-order valence-corrected chi connectivity index (χ2v) is 11.4. The van der Waals surface area contributed by atoms with Crippen molar-refractivity contribution in [2.75, 3.05) is 19.8 Å². The number of H-pyrrole nitrogens is 1. The van der Waals surface area contributed by atoms with Crippen molar-refractivity contribution in [3.63, 3.8) is 0 Å². The molecule has 0 aliphatic carbocycles. The lowest BCUT2D eigenvalue weighted by Crippen LogP contribution is -2.35. The van der Waals surface area contributed by atoms with Crippen LogP contribution < -0.4 is 4.74 Å². The standard InChI is InChI=1S/C34H32N6O10/c1-3-44-33-35-25-10-6-9-24(32(42)48-19(2)49-34(43)50-27-17-46-29-26(47-18-41)16-45-30(27)29)28(25)40(33)15-20-11-13-21(14-12-20)22-7-4-5-8-23(22)31-36-38-39-37-31/h4-14,18-19,26-27,29-30H,3,15-17H2,1-2H3,(H,36,37,38,39)/t19?,26-,27+,29?,30?/m1/s1. The van der Waals surface area contributed by atoms with Crippen LogP contribution in [0.2, 0.25) is 0 Å². The Morgan fingerprint density at radius 1 is 0.980 bits per heavy atom. The van der Waals surface area contributed by atoms with Crippen LogP contribution in [0.5, 0.6) is 6.01 Å². The average molecular weight is 685 g/mol. The van der Waals surface area contributed by atoms with Crippen LogP contribution in [-0.2, 0) is 39.8 Å². The fourth-order valence-corrected chi connectivity index (χ4v) is 6.14. The van der Waals surface area contributed by atoms with Crippen molar-refractivity contribution in [2.24, 2.45) is 0 Å². The van der Waals surface area contributed by atoms with Crippen molar-refractivity contribution in [3.05, 3.63) is 77.9 Å². The van der Waals surface area contributed by atoms with E-state index in [0.29, 0.717) is 42.5 Å². The van der Waals surface area contributed by atoms with Gasteiger partial charge in [-0.2, -0.15) is 10.2 Å². The van der Waals surface area contributed by atoms with E-state index in [-0.39, 0.29) is 18.8 Å². The number of benzene rings is 3. The smallest absolute Gasteiger partial charge is 0.465 e. The van der Waals surface area contributed by atoms with Gasteiger partial charge in [0.25, 0.3) is 12.5 Å². The molecule has 0 saturated carbocycles. The zero-order chi connectivity index (χ0) is 34.6. The molecule has 258 valence electrons. The van der Waals surface area contributed by atoms with E-state index < -0.39 is 42.8 Å². The van der Waals surface area contributed by atoms with Gasteiger partial charge in [-0.1, -0.05) is 54.6 Å². The van der Waals surface area contributed by atoms with E-state index in [1.807, 2.05) is 55.5 Å². The van der Waals surface area contributed by atoms with E-state index >= 15 is 0 Å². The maximum absolute atomic E-state index is 13.5. The minimum atomic E-state index is -1.30. The molecule has 0 bridgehead atoms. The molecular formula is C34H32N6O10. The number of carbonyl (C=O) groups is 3. The first-order valence-electron chi connectivity index (χ1n) is 15.9. The number of hydrogen-bond acceptors (Lipinski definition) is 14. The number of aromatic nitrogens is 6. The fourth-order valence-electron chi connectivity index (χ4n) is 6.14. The molecule has 3 unspecified atom stereocenters. The molecule has 2 saturated heterocycles. The largest absolute Gasteiger partial charge is 0.511 e. The molecule has 0 radical (unpaired) electrons. The van der Waals surface area contributed by atoms with Crippen LogP contribution in [-0.4, -0.2) is 99.3 Å². The van der Waals surface area contributed by atoms with Crippen LogP contribution in [0.1, 0.15) is 29.8 Å². The summed E-state index contributed by atoms with van der Waals surface area (Å²) in [5, 5.41) is 14.4. The van der Waals surface area contributed by atoms with Gasteiger partial charge in [-0.25, -0.2) is 9.59 Å². The Bertz CT molecular complexity index is 1980. The van der Waals surface area contributed by atoms with Crippen molar-refractivity contribution >= 4 is 29.6 Å². The molecule has 2 fully saturated rings. The molecule has 3 aromatic carbocycles. The van der Waals surface area contributed by atoms with Crippen LogP contribution in [0, 0.1) is 0 Å². The summed E-state index contributed by atoms with van der Waals surface area (Å²) in [7, 11) is 0. The molecule has 1 N–H and O–H groups in total. The second kappa shape index (κ2) is 14.3. The van der Waals surface area contributed by atoms with Gasteiger partial charge in [0.15, 0.2) is 12.2 Å². The number of nitrogens with one attached hydrogen (secondary N) is 1. The summed E-state index contributed by atoms with van der Waals surface area (Å²) in [4.78, 5) is 41.4. The Kier molecular flexibility index (Phi) is 9.35. The van der Waals surface area contributed by atoms with Crippen molar-refractivity contribution in [1.82, 2.24) is 30.2 Å². The molecule has 7 rings (SSSR count). The number of nitrogens with zero attached hydrogens (tertiary/aromatic N) is 5. The highest BCUT2D eigenvalue weighted by molar-refractivity contribution is 6.02. The van der Waals surface area contributed by atoms with Gasteiger partial charge < -0.3 is 33.2 Å². The third-order valence-electron chi connectivity index (χ3n) is 8.32. The van der Waals surface area contributed by atoms with Gasteiger partial charge in [0.2, 0.25) is 12.1 Å². The zero-order valence-corrected chi connectivity index (χ0v) is 27.0. The number of tetrazole rings is 1. The fraction of sp³-hybridized carbons (Fsp3) is 0.324. The third-order valence-corrected chi connectivity index (χ3v) is 8.32. The van der Waals surface area contributed by atoms with Crippen LogP contribution >= 0.6 is 0 Å². The third kappa shape index (κ3) is 6.57. The molecule has 5 aromatic rings. The summed E-state index contributed by atoms with van der Waals surface area (Å²) in [6, 6.07) is 21.1. The van der Waals surface area contributed by atoms with Crippen molar-refractivity contribution in [1.29, 1.82) is 0 Å². The number of rotatable bonds is 12. The first-order valence-corrected chi connectivity index (χ1v) is 15.9. The topological polar surface area (TPSA) is 188 Å². The van der Waals surface area contributed by atoms with Crippen molar-refractivity contribution < 1.29 is 47.5 Å². The highest BCUT2D eigenvalue weighted by Crippen LogP contribution is 2.32. The first-order chi connectivity index (χ1) is 24.4. The lowest BCUT2D eigenvalue weighted by atomic mass is 9.98. The maximum atomic E-state index is 13.5. The Labute approximate surface area is 284 Å². The van der Waals surface area contributed by atoms with Crippen molar-refractivity contribution in [3.8, 4) is 28.5 Å². The van der Waals surface area contributed by atoms with E-state index in [9.17, 15) is 14.4 Å². The molecule has 0 amide bonds. The molecule has 2 aliphatic heterocycles. The number of fused-ring (bicyclic) bond motifs is 2. The van der Waals surface area contributed by atoms with Gasteiger partial charge >= 0.3 is 12.1 Å². The van der Waals surface area contributed by atoms with E-state index in [4.69, 9.17) is 33.2 Å². The molecule has 16 nitrogen and oxygen atoms in total. The van der Waals surface area contributed by atoms with E-state index in [2.05, 4.69) is 25.6 Å². The van der Waals surface area contributed by atoms with E-state index in [1.165, 1.54) is 6.92 Å².